The van der Waals surface area contributed by atoms with Crippen molar-refractivity contribution in [1.82, 2.24) is 4.90 Å². The Morgan fingerprint density at radius 1 is 1.25 bits per heavy atom. The van der Waals surface area contributed by atoms with E-state index in [9.17, 15) is 0 Å². The van der Waals surface area contributed by atoms with Crippen molar-refractivity contribution in [3.63, 3.8) is 0 Å². The summed E-state index contributed by atoms with van der Waals surface area (Å²) in [6.07, 6.45) is 4.18. The molecule has 0 atom stereocenters. The van der Waals surface area contributed by atoms with Crippen molar-refractivity contribution in [2.24, 2.45) is 0 Å². The predicted octanol–water partition coefficient (Wildman–Crippen LogP) is 3.72. The molecule has 1 rings (SSSR count). The Balaban J connectivity index is 2.57. The molecule has 1 heterocycles. The van der Waals surface area contributed by atoms with Gasteiger partial charge in [0.15, 0.2) is 0 Å². The number of hydrogen-bond donors (Lipinski definition) is 0. The molecule has 0 amide bonds. The molecule has 1 saturated heterocycles. The molecular weight excluding hydrogens is 358 g/mol. The van der Waals surface area contributed by atoms with E-state index in [0.717, 1.165) is 50.3 Å². The van der Waals surface area contributed by atoms with Gasteiger partial charge in [0.1, 0.15) is 0 Å². The number of morpholine rings is 1. The summed E-state index contributed by atoms with van der Waals surface area (Å²) in [4.78, 5) is 2.41. The van der Waals surface area contributed by atoms with Crippen LogP contribution in [0.2, 0.25) is 18.1 Å². The van der Waals surface area contributed by atoms with Crippen LogP contribution in [0.5, 0.6) is 0 Å². The fraction of sp³-hybridized carbons (Fsp3) is 0.833. The molecule has 6 heteroatoms. The van der Waals surface area contributed by atoms with Crippen molar-refractivity contribution < 1.29 is 29.8 Å². The van der Waals surface area contributed by atoms with E-state index in [0.29, 0.717) is 6.61 Å². The molecule has 0 aliphatic carbocycles. The molecule has 24 heavy (non-hydrogen) atoms. The van der Waals surface area contributed by atoms with Gasteiger partial charge in [-0.2, -0.15) is 0 Å². The summed E-state index contributed by atoms with van der Waals surface area (Å²) in [5.74, 6) is 0. The Bertz CT molecular complexity index is 426. The normalized spacial score (nSPS) is 17.2. The second-order valence-electron chi connectivity index (χ2n) is 7.70. The molecule has 0 aromatic rings. The summed E-state index contributed by atoms with van der Waals surface area (Å²) in [5, 5.41) is 0.268. The molecule has 0 spiro atoms. The molecule has 0 bridgehead atoms. The van der Waals surface area contributed by atoms with Crippen molar-refractivity contribution in [1.29, 1.82) is 0 Å². The van der Waals surface area contributed by atoms with E-state index in [1.165, 1.54) is 5.70 Å². The van der Waals surface area contributed by atoms with E-state index in [2.05, 4.69) is 60.7 Å². The molecular formula is C18H35CrNO3Si. The van der Waals surface area contributed by atoms with E-state index < -0.39 is 8.32 Å². The van der Waals surface area contributed by atoms with Gasteiger partial charge in [-0.1, -0.05) is 0 Å². The molecule has 1 fully saturated rings. The SMILES string of the molecule is CCO[C](=[Cr])/C=C(\CCCO[Si](C)(C)C(C)(C)C)N1CCOCC1. The molecule has 0 N–H and O–H groups in total. The fourth-order valence-corrected chi connectivity index (χ4v) is 3.77. The molecule has 1 aliphatic heterocycles. The van der Waals surface area contributed by atoms with Crippen LogP contribution in [0.3, 0.4) is 0 Å². The van der Waals surface area contributed by atoms with Gasteiger partial charge in [0.05, 0.1) is 0 Å². The first kappa shape index (κ1) is 22.1. The molecule has 0 aromatic heterocycles. The standard InChI is InChI=1S/C18H35NO3Si.Cr/c1-7-20-14-10-17(19-11-15-21-16-12-19)9-8-13-22-23(5,6)18(2,3)4;/h10H,7-9,11-13,15-16H2,1-6H3;/b17-10+;. The zero-order chi connectivity index (χ0) is 18.2. The van der Waals surface area contributed by atoms with Crippen LogP contribution in [-0.4, -0.2) is 57.3 Å². The fourth-order valence-electron chi connectivity index (χ4n) is 2.29. The topological polar surface area (TPSA) is 30.9 Å². The van der Waals surface area contributed by atoms with Gasteiger partial charge in [-0.3, -0.25) is 0 Å². The first-order chi connectivity index (χ1) is 11.2. The number of allylic oxidation sites excluding steroid dienone is 1. The van der Waals surface area contributed by atoms with Crippen molar-refractivity contribution in [2.75, 3.05) is 39.5 Å². The Hall–Kier alpha value is 0.0394. The van der Waals surface area contributed by atoms with Gasteiger partial charge in [-0.15, -0.1) is 0 Å². The van der Waals surface area contributed by atoms with Gasteiger partial charge in [-0.25, -0.2) is 0 Å². The van der Waals surface area contributed by atoms with E-state index >= 15 is 0 Å². The van der Waals surface area contributed by atoms with Crippen LogP contribution in [0, 0.1) is 0 Å². The quantitative estimate of drug-likeness (QED) is 0.441. The van der Waals surface area contributed by atoms with E-state index in [4.69, 9.17) is 13.9 Å². The van der Waals surface area contributed by atoms with Crippen LogP contribution >= 0.6 is 0 Å². The van der Waals surface area contributed by atoms with Crippen LogP contribution in [0.1, 0.15) is 40.5 Å². The van der Waals surface area contributed by atoms with Crippen LogP contribution < -0.4 is 0 Å². The van der Waals surface area contributed by atoms with Crippen molar-refractivity contribution in [2.45, 2.75) is 58.7 Å². The van der Waals surface area contributed by atoms with Crippen LogP contribution in [-0.2, 0) is 29.8 Å². The third kappa shape index (κ3) is 7.51. The Morgan fingerprint density at radius 2 is 1.88 bits per heavy atom. The van der Waals surface area contributed by atoms with Crippen molar-refractivity contribution in [3.8, 4) is 0 Å². The number of hydrogen-bond acceptors (Lipinski definition) is 4. The average molecular weight is 394 g/mol. The van der Waals surface area contributed by atoms with E-state index in [1.807, 2.05) is 6.92 Å². The van der Waals surface area contributed by atoms with Gasteiger partial charge in [0.2, 0.25) is 0 Å². The minimum absolute atomic E-state index is 0.268. The van der Waals surface area contributed by atoms with Gasteiger partial charge < -0.3 is 0 Å². The summed E-state index contributed by atoms with van der Waals surface area (Å²) >= 11 is 3.02. The molecule has 4 nitrogen and oxygen atoms in total. The third-order valence-corrected chi connectivity index (χ3v) is 9.74. The summed E-state index contributed by atoms with van der Waals surface area (Å²) in [6, 6.07) is 0. The summed E-state index contributed by atoms with van der Waals surface area (Å²) < 4.78 is 18.2. The average Bonchev–Trinajstić information content (AvgIpc) is 2.50. The van der Waals surface area contributed by atoms with Gasteiger partial charge in [-0.05, 0) is 0 Å². The van der Waals surface area contributed by atoms with Crippen LogP contribution in [0.4, 0.5) is 0 Å². The molecule has 0 radical (unpaired) electrons. The maximum absolute atomic E-state index is 6.31. The van der Waals surface area contributed by atoms with E-state index in [-0.39, 0.29) is 5.04 Å². The third-order valence-electron chi connectivity index (χ3n) is 4.83. The van der Waals surface area contributed by atoms with Gasteiger partial charge in [0, 0.05) is 0 Å². The first-order valence-electron chi connectivity index (χ1n) is 9.01. The molecule has 0 aromatic carbocycles. The number of ether oxygens (including phenoxy) is 2. The maximum atomic E-state index is 6.31. The minimum atomic E-state index is -1.65. The monoisotopic (exact) mass is 393 g/mol. The number of nitrogens with zero attached hydrogens (tertiary/aromatic N) is 1. The molecule has 0 saturated carbocycles. The molecule has 1 aliphatic rings. The summed E-state index contributed by atoms with van der Waals surface area (Å²) in [5.41, 5.74) is 1.32. The zero-order valence-corrected chi connectivity index (χ0v) is 18.6. The van der Waals surface area contributed by atoms with E-state index in [1.54, 1.807) is 0 Å². The van der Waals surface area contributed by atoms with Gasteiger partial charge in [0.25, 0.3) is 0 Å². The second-order valence-corrected chi connectivity index (χ2v) is 13.1. The van der Waals surface area contributed by atoms with Crippen LogP contribution in [0.25, 0.3) is 0 Å². The Morgan fingerprint density at radius 3 is 2.42 bits per heavy atom. The molecule has 140 valence electrons. The zero-order valence-electron chi connectivity index (χ0n) is 16.3. The predicted molar refractivity (Wildman–Crippen MR) is 99.5 cm³/mol. The first-order valence-corrected chi connectivity index (χ1v) is 12.6. The summed E-state index contributed by atoms with van der Waals surface area (Å²) in [6.45, 7) is 18.5. The Kier molecular flexibility index (Phi) is 9.43. The molecule has 0 unspecified atom stereocenters. The summed E-state index contributed by atoms with van der Waals surface area (Å²) in [7, 11) is -1.65. The number of rotatable bonds is 9. The Labute approximate surface area is 157 Å². The second kappa shape index (κ2) is 10.3. The van der Waals surface area contributed by atoms with Crippen molar-refractivity contribution in [3.05, 3.63) is 11.8 Å². The van der Waals surface area contributed by atoms with Crippen LogP contribution in [0.15, 0.2) is 11.8 Å². The van der Waals surface area contributed by atoms with Gasteiger partial charge >= 0.3 is 157 Å². The van der Waals surface area contributed by atoms with Crippen molar-refractivity contribution >= 4 is 12.9 Å².